The van der Waals surface area contributed by atoms with Crippen LogP contribution in [0.1, 0.15) is 18.5 Å². The van der Waals surface area contributed by atoms with E-state index in [1.165, 1.54) is 0 Å². The molecule has 0 fully saturated rings. The fraction of sp³-hybridized carbons (Fsp3) is 0.600. The Balaban J connectivity index is 3.00. The van der Waals surface area contributed by atoms with Crippen LogP contribution < -0.4 is 5.73 Å². The lowest BCUT2D eigenvalue weighted by Crippen LogP contribution is -2.43. The first kappa shape index (κ1) is 18.9. The molecule has 4 nitrogen and oxygen atoms in total. The van der Waals surface area contributed by atoms with Crippen molar-refractivity contribution in [2.75, 3.05) is 40.5 Å². The average molecular weight is 380 g/mol. The Kier molecular flexibility index (Phi) is 8.78. The molecule has 0 saturated carbocycles. The molecular formula is C15H24BrClN2O2. The Morgan fingerprint density at radius 1 is 1.33 bits per heavy atom. The number of halogens is 2. The normalized spacial score (nSPS) is 14.4. The van der Waals surface area contributed by atoms with E-state index in [4.69, 9.17) is 26.8 Å². The van der Waals surface area contributed by atoms with Crippen LogP contribution in [-0.4, -0.2) is 51.5 Å². The summed E-state index contributed by atoms with van der Waals surface area (Å²) in [5, 5.41) is 0.692. The molecule has 0 aromatic heterocycles. The summed E-state index contributed by atoms with van der Waals surface area (Å²) in [6.07, 6.45) is 0. The van der Waals surface area contributed by atoms with E-state index >= 15 is 0 Å². The Bertz CT molecular complexity index is 434. The molecule has 0 aliphatic carbocycles. The molecular weight excluding hydrogens is 356 g/mol. The van der Waals surface area contributed by atoms with Crippen LogP contribution in [0.2, 0.25) is 5.02 Å². The van der Waals surface area contributed by atoms with Gasteiger partial charge in [-0.1, -0.05) is 17.7 Å². The fourth-order valence-corrected chi connectivity index (χ4v) is 2.84. The van der Waals surface area contributed by atoms with E-state index in [0.717, 1.165) is 16.6 Å². The highest BCUT2D eigenvalue weighted by atomic mass is 79.9. The highest BCUT2D eigenvalue weighted by Crippen LogP contribution is 2.29. The van der Waals surface area contributed by atoms with E-state index in [1.54, 1.807) is 14.2 Å². The predicted molar refractivity (Wildman–Crippen MR) is 90.9 cm³/mol. The molecule has 0 aliphatic heterocycles. The number of rotatable bonds is 9. The molecule has 1 rings (SSSR count). The largest absolute Gasteiger partial charge is 0.383 e. The van der Waals surface area contributed by atoms with Crippen molar-refractivity contribution >= 4 is 27.5 Å². The summed E-state index contributed by atoms with van der Waals surface area (Å²) in [6, 6.07) is 6.28. The van der Waals surface area contributed by atoms with Crippen molar-refractivity contribution in [3.63, 3.8) is 0 Å². The minimum absolute atomic E-state index is 0.0795. The maximum absolute atomic E-state index is 6.21. The van der Waals surface area contributed by atoms with Crippen LogP contribution in [0.25, 0.3) is 0 Å². The Labute approximate surface area is 140 Å². The lowest BCUT2D eigenvalue weighted by molar-refractivity contribution is 0.0487. The van der Waals surface area contributed by atoms with Gasteiger partial charge >= 0.3 is 0 Å². The first-order chi connectivity index (χ1) is 10.0. The van der Waals surface area contributed by atoms with Crippen LogP contribution in [0, 0.1) is 0 Å². The molecule has 0 spiro atoms. The molecule has 2 atom stereocenters. The molecule has 21 heavy (non-hydrogen) atoms. The number of ether oxygens (including phenoxy) is 2. The molecule has 2 unspecified atom stereocenters. The molecule has 6 heteroatoms. The van der Waals surface area contributed by atoms with Crippen molar-refractivity contribution < 1.29 is 9.47 Å². The van der Waals surface area contributed by atoms with Crippen molar-refractivity contribution in [3.05, 3.63) is 33.3 Å². The number of hydrogen-bond donors (Lipinski definition) is 1. The summed E-state index contributed by atoms with van der Waals surface area (Å²) in [5.74, 6) is 0. The van der Waals surface area contributed by atoms with E-state index in [0.29, 0.717) is 24.8 Å². The Hall–Kier alpha value is -0.170. The molecule has 0 amide bonds. The van der Waals surface area contributed by atoms with Gasteiger partial charge in [-0.2, -0.15) is 0 Å². The standard InChI is InChI=1S/C15H24BrClN2O2/c1-11(10-21-3)19(6-7-20-2)15(9-18)12-4-5-13(16)14(17)8-12/h4-5,8,11,15H,6-7,9-10,18H2,1-3H3. The quantitative estimate of drug-likeness (QED) is 0.716. The van der Waals surface area contributed by atoms with Gasteiger partial charge in [0.15, 0.2) is 0 Å². The topological polar surface area (TPSA) is 47.7 Å². The van der Waals surface area contributed by atoms with Gasteiger partial charge in [-0.15, -0.1) is 0 Å². The average Bonchev–Trinajstić information content (AvgIpc) is 2.47. The van der Waals surface area contributed by atoms with Crippen molar-refractivity contribution in [1.29, 1.82) is 0 Å². The van der Waals surface area contributed by atoms with Gasteiger partial charge in [-0.25, -0.2) is 0 Å². The fourth-order valence-electron chi connectivity index (χ4n) is 2.40. The van der Waals surface area contributed by atoms with Crippen LogP contribution in [0.15, 0.2) is 22.7 Å². The number of methoxy groups -OCH3 is 2. The van der Waals surface area contributed by atoms with E-state index in [2.05, 4.69) is 27.8 Å². The lowest BCUT2D eigenvalue weighted by atomic mass is 10.0. The van der Waals surface area contributed by atoms with Gasteiger partial charge in [-0.3, -0.25) is 4.90 Å². The lowest BCUT2D eigenvalue weighted by Gasteiger charge is -2.36. The highest BCUT2D eigenvalue weighted by Gasteiger charge is 2.24. The molecule has 0 saturated heterocycles. The molecule has 0 aliphatic rings. The third kappa shape index (κ3) is 5.51. The van der Waals surface area contributed by atoms with Gasteiger partial charge in [0, 0.05) is 43.9 Å². The minimum Gasteiger partial charge on any atom is -0.383 e. The molecule has 1 aromatic rings. The van der Waals surface area contributed by atoms with Crippen LogP contribution in [-0.2, 0) is 9.47 Å². The van der Waals surface area contributed by atoms with Gasteiger partial charge in [0.05, 0.1) is 18.2 Å². The highest BCUT2D eigenvalue weighted by molar-refractivity contribution is 9.10. The molecule has 1 aromatic carbocycles. The zero-order chi connectivity index (χ0) is 15.8. The third-order valence-electron chi connectivity index (χ3n) is 3.48. The van der Waals surface area contributed by atoms with E-state index in [1.807, 2.05) is 18.2 Å². The van der Waals surface area contributed by atoms with Crippen molar-refractivity contribution in [3.8, 4) is 0 Å². The zero-order valence-electron chi connectivity index (χ0n) is 12.8. The van der Waals surface area contributed by atoms with Gasteiger partial charge in [-0.05, 0) is 40.5 Å². The van der Waals surface area contributed by atoms with Crippen LogP contribution in [0.5, 0.6) is 0 Å². The molecule has 0 bridgehead atoms. The Morgan fingerprint density at radius 2 is 2.05 bits per heavy atom. The number of hydrogen-bond acceptors (Lipinski definition) is 4. The Morgan fingerprint density at radius 3 is 2.57 bits per heavy atom. The van der Waals surface area contributed by atoms with Crippen molar-refractivity contribution in [1.82, 2.24) is 4.90 Å². The summed E-state index contributed by atoms with van der Waals surface area (Å²) in [7, 11) is 3.41. The monoisotopic (exact) mass is 378 g/mol. The van der Waals surface area contributed by atoms with Gasteiger partial charge in [0.1, 0.15) is 0 Å². The van der Waals surface area contributed by atoms with E-state index in [-0.39, 0.29) is 12.1 Å². The third-order valence-corrected chi connectivity index (χ3v) is 4.71. The first-order valence-electron chi connectivity index (χ1n) is 6.93. The number of nitrogens with zero attached hydrogens (tertiary/aromatic N) is 1. The summed E-state index contributed by atoms with van der Waals surface area (Å²) in [6.45, 7) is 4.72. The summed E-state index contributed by atoms with van der Waals surface area (Å²) in [5.41, 5.74) is 7.12. The van der Waals surface area contributed by atoms with Crippen LogP contribution in [0.3, 0.4) is 0 Å². The second-order valence-electron chi connectivity index (χ2n) is 4.96. The van der Waals surface area contributed by atoms with Crippen LogP contribution in [0.4, 0.5) is 0 Å². The molecule has 0 heterocycles. The van der Waals surface area contributed by atoms with Crippen LogP contribution >= 0.6 is 27.5 Å². The smallest absolute Gasteiger partial charge is 0.0615 e. The minimum atomic E-state index is 0.0795. The zero-order valence-corrected chi connectivity index (χ0v) is 15.2. The first-order valence-corrected chi connectivity index (χ1v) is 8.10. The summed E-state index contributed by atoms with van der Waals surface area (Å²) in [4.78, 5) is 2.30. The SMILES string of the molecule is COCCN(C(C)COC)C(CN)c1ccc(Br)c(Cl)c1. The van der Waals surface area contributed by atoms with Gasteiger partial charge in [0.25, 0.3) is 0 Å². The van der Waals surface area contributed by atoms with Crippen molar-refractivity contribution in [2.24, 2.45) is 5.73 Å². The summed E-state index contributed by atoms with van der Waals surface area (Å²) < 4.78 is 11.4. The van der Waals surface area contributed by atoms with E-state index < -0.39 is 0 Å². The second-order valence-corrected chi connectivity index (χ2v) is 6.22. The predicted octanol–water partition coefficient (Wildman–Crippen LogP) is 3.09. The summed E-state index contributed by atoms with van der Waals surface area (Å²) >= 11 is 9.63. The molecule has 2 N–H and O–H groups in total. The van der Waals surface area contributed by atoms with Gasteiger partial charge in [0.2, 0.25) is 0 Å². The second kappa shape index (κ2) is 9.77. The maximum Gasteiger partial charge on any atom is 0.0615 e. The molecule has 0 radical (unpaired) electrons. The van der Waals surface area contributed by atoms with Crippen molar-refractivity contribution in [2.45, 2.75) is 19.0 Å². The molecule has 120 valence electrons. The number of nitrogens with two attached hydrogens (primary N) is 1. The number of benzene rings is 1. The van der Waals surface area contributed by atoms with Gasteiger partial charge < -0.3 is 15.2 Å². The maximum atomic E-state index is 6.21. The van der Waals surface area contributed by atoms with E-state index in [9.17, 15) is 0 Å².